The van der Waals surface area contributed by atoms with Gasteiger partial charge in [-0.3, -0.25) is 0 Å². The van der Waals surface area contributed by atoms with Crippen molar-refractivity contribution in [3.8, 4) is 5.88 Å². The topological polar surface area (TPSA) is 59.5 Å². The highest BCUT2D eigenvalue weighted by Gasteiger charge is 2.36. The van der Waals surface area contributed by atoms with E-state index in [2.05, 4.69) is 4.98 Å². The van der Waals surface area contributed by atoms with Crippen LogP contribution in [0.1, 0.15) is 6.92 Å². The first kappa shape index (κ1) is 11.3. The second-order valence-corrected chi connectivity index (χ2v) is 5.88. The molecule has 5 nitrogen and oxygen atoms in total. The zero-order valence-corrected chi connectivity index (χ0v) is 9.85. The first-order chi connectivity index (χ1) is 7.62. The van der Waals surface area contributed by atoms with Gasteiger partial charge in [0, 0.05) is 12.3 Å². The van der Waals surface area contributed by atoms with Gasteiger partial charge < -0.3 is 4.74 Å². The van der Waals surface area contributed by atoms with E-state index in [1.165, 1.54) is 4.31 Å². The van der Waals surface area contributed by atoms with Crippen LogP contribution in [0.15, 0.2) is 24.4 Å². The summed E-state index contributed by atoms with van der Waals surface area (Å²) in [6.07, 6.45) is 1.57. The van der Waals surface area contributed by atoms with E-state index in [0.717, 1.165) is 0 Å². The molecule has 16 heavy (non-hydrogen) atoms. The van der Waals surface area contributed by atoms with Crippen molar-refractivity contribution in [2.75, 3.05) is 18.8 Å². The van der Waals surface area contributed by atoms with E-state index in [9.17, 15) is 8.42 Å². The molecule has 88 valence electrons. The summed E-state index contributed by atoms with van der Waals surface area (Å²) in [7, 11) is -3.05. The molecule has 1 fully saturated rings. The zero-order chi connectivity index (χ0) is 11.6. The smallest absolute Gasteiger partial charge is 0.214 e. The van der Waals surface area contributed by atoms with Crippen LogP contribution in [0.2, 0.25) is 0 Å². The van der Waals surface area contributed by atoms with Crippen LogP contribution in [-0.4, -0.2) is 42.7 Å². The second kappa shape index (κ2) is 4.39. The molecule has 0 amide bonds. The van der Waals surface area contributed by atoms with Crippen molar-refractivity contribution in [3.63, 3.8) is 0 Å². The van der Waals surface area contributed by atoms with Gasteiger partial charge in [-0.15, -0.1) is 0 Å². The number of nitrogens with zero attached hydrogens (tertiary/aromatic N) is 2. The molecule has 0 saturated carbocycles. The zero-order valence-electron chi connectivity index (χ0n) is 9.04. The van der Waals surface area contributed by atoms with Crippen LogP contribution in [0.3, 0.4) is 0 Å². The number of hydrogen-bond acceptors (Lipinski definition) is 4. The molecule has 0 aromatic carbocycles. The molecule has 1 aliphatic rings. The quantitative estimate of drug-likeness (QED) is 0.771. The highest BCUT2D eigenvalue weighted by Crippen LogP contribution is 2.18. The maximum Gasteiger partial charge on any atom is 0.214 e. The largest absolute Gasteiger partial charge is 0.472 e. The molecule has 1 aromatic heterocycles. The van der Waals surface area contributed by atoms with Gasteiger partial charge in [0.1, 0.15) is 6.10 Å². The summed E-state index contributed by atoms with van der Waals surface area (Å²) in [5.41, 5.74) is 0. The standard InChI is InChI=1S/C10H14N2O3S/c1-2-16(13,14)12-7-9(8-12)15-10-5-3-4-6-11-10/h3-6,9H,2,7-8H2,1H3. The Hall–Kier alpha value is -1.14. The van der Waals surface area contributed by atoms with Crippen molar-refractivity contribution in [3.05, 3.63) is 24.4 Å². The third-order valence-electron chi connectivity index (χ3n) is 2.50. The van der Waals surface area contributed by atoms with Crippen LogP contribution in [-0.2, 0) is 10.0 Å². The van der Waals surface area contributed by atoms with E-state index in [-0.39, 0.29) is 11.9 Å². The van der Waals surface area contributed by atoms with Crippen molar-refractivity contribution in [2.45, 2.75) is 13.0 Å². The molecule has 1 saturated heterocycles. The van der Waals surface area contributed by atoms with Gasteiger partial charge in [0.2, 0.25) is 15.9 Å². The molecule has 0 spiro atoms. The normalized spacial score (nSPS) is 18.1. The van der Waals surface area contributed by atoms with Crippen LogP contribution >= 0.6 is 0 Å². The van der Waals surface area contributed by atoms with Crippen LogP contribution in [0, 0.1) is 0 Å². The average Bonchev–Trinajstić information content (AvgIpc) is 2.24. The third-order valence-corrected chi connectivity index (χ3v) is 4.31. The summed E-state index contributed by atoms with van der Waals surface area (Å²) in [6, 6.07) is 5.40. The van der Waals surface area contributed by atoms with E-state index < -0.39 is 10.0 Å². The minimum Gasteiger partial charge on any atom is -0.472 e. The predicted molar refractivity (Wildman–Crippen MR) is 59.7 cm³/mol. The Bertz CT molecular complexity index is 440. The van der Waals surface area contributed by atoms with E-state index in [0.29, 0.717) is 19.0 Å². The number of pyridine rings is 1. The lowest BCUT2D eigenvalue weighted by atomic mass is 10.2. The maximum absolute atomic E-state index is 11.4. The average molecular weight is 242 g/mol. The van der Waals surface area contributed by atoms with Crippen molar-refractivity contribution < 1.29 is 13.2 Å². The Labute approximate surface area is 95.1 Å². The van der Waals surface area contributed by atoms with Crippen molar-refractivity contribution in [1.29, 1.82) is 0 Å². The van der Waals surface area contributed by atoms with Crippen molar-refractivity contribution in [1.82, 2.24) is 9.29 Å². The van der Waals surface area contributed by atoms with Gasteiger partial charge in [0.05, 0.1) is 18.8 Å². The molecule has 2 heterocycles. The van der Waals surface area contributed by atoms with E-state index in [1.807, 2.05) is 12.1 Å². The molecule has 1 aromatic rings. The van der Waals surface area contributed by atoms with Gasteiger partial charge in [-0.25, -0.2) is 13.4 Å². The fraction of sp³-hybridized carbons (Fsp3) is 0.500. The lowest BCUT2D eigenvalue weighted by molar-refractivity contribution is 0.0722. The monoisotopic (exact) mass is 242 g/mol. The highest BCUT2D eigenvalue weighted by molar-refractivity contribution is 7.89. The highest BCUT2D eigenvalue weighted by atomic mass is 32.2. The molecule has 0 bridgehead atoms. The number of rotatable bonds is 4. The van der Waals surface area contributed by atoms with Gasteiger partial charge in [-0.2, -0.15) is 4.31 Å². The van der Waals surface area contributed by atoms with Gasteiger partial charge in [0.25, 0.3) is 0 Å². The summed E-state index contributed by atoms with van der Waals surface area (Å²) in [5.74, 6) is 0.685. The molecule has 0 N–H and O–H groups in total. The van der Waals surface area contributed by atoms with Crippen molar-refractivity contribution in [2.24, 2.45) is 0 Å². The Balaban J connectivity index is 1.86. The SMILES string of the molecule is CCS(=O)(=O)N1CC(Oc2ccccn2)C1. The van der Waals surface area contributed by atoms with Gasteiger partial charge in [-0.1, -0.05) is 6.07 Å². The summed E-state index contributed by atoms with van der Waals surface area (Å²) < 4.78 is 29.8. The Kier molecular flexibility index (Phi) is 3.11. The number of aromatic nitrogens is 1. The van der Waals surface area contributed by atoms with Gasteiger partial charge in [-0.05, 0) is 13.0 Å². The maximum atomic E-state index is 11.4. The van der Waals surface area contributed by atoms with E-state index >= 15 is 0 Å². The summed E-state index contributed by atoms with van der Waals surface area (Å²) in [5, 5.41) is 0. The van der Waals surface area contributed by atoms with Crippen LogP contribution < -0.4 is 4.74 Å². The Morgan fingerprint density at radius 3 is 2.81 bits per heavy atom. The number of sulfonamides is 1. The first-order valence-electron chi connectivity index (χ1n) is 5.17. The molecular formula is C10H14N2O3S. The van der Waals surface area contributed by atoms with Crippen LogP contribution in [0.4, 0.5) is 0 Å². The Morgan fingerprint density at radius 2 is 2.25 bits per heavy atom. The first-order valence-corrected chi connectivity index (χ1v) is 6.78. The Morgan fingerprint density at radius 1 is 1.50 bits per heavy atom. The molecule has 1 aliphatic heterocycles. The lowest BCUT2D eigenvalue weighted by Crippen LogP contribution is -2.56. The molecule has 0 unspecified atom stereocenters. The van der Waals surface area contributed by atoms with Crippen molar-refractivity contribution >= 4 is 10.0 Å². The minimum absolute atomic E-state index is 0.0729. The van der Waals surface area contributed by atoms with Gasteiger partial charge >= 0.3 is 0 Å². The second-order valence-electron chi connectivity index (χ2n) is 3.63. The fourth-order valence-electron chi connectivity index (χ4n) is 1.47. The molecular weight excluding hydrogens is 228 g/mol. The van der Waals surface area contributed by atoms with E-state index in [4.69, 9.17) is 4.74 Å². The predicted octanol–water partition coefficient (Wildman–Crippen LogP) is 0.494. The minimum atomic E-state index is -3.05. The summed E-state index contributed by atoms with van der Waals surface area (Å²) in [4.78, 5) is 4.02. The van der Waals surface area contributed by atoms with Crippen LogP contribution in [0.25, 0.3) is 0 Å². The van der Waals surface area contributed by atoms with E-state index in [1.54, 1.807) is 19.2 Å². The lowest BCUT2D eigenvalue weighted by Gasteiger charge is -2.37. The number of hydrogen-bond donors (Lipinski definition) is 0. The molecule has 2 rings (SSSR count). The molecule has 0 aliphatic carbocycles. The summed E-state index contributed by atoms with van der Waals surface area (Å²) in [6.45, 7) is 2.49. The third kappa shape index (κ3) is 2.33. The summed E-state index contributed by atoms with van der Waals surface area (Å²) >= 11 is 0. The van der Waals surface area contributed by atoms with Crippen LogP contribution in [0.5, 0.6) is 5.88 Å². The fourth-order valence-corrected chi connectivity index (χ4v) is 2.62. The van der Waals surface area contributed by atoms with Gasteiger partial charge in [0.15, 0.2) is 0 Å². The molecule has 0 atom stereocenters. The molecule has 6 heteroatoms. The number of ether oxygens (including phenoxy) is 1. The molecule has 0 radical (unpaired) electrons.